The molecule has 3 aromatic carbocycles. The van der Waals surface area contributed by atoms with Crippen LogP contribution in [0, 0.1) is 5.82 Å². The van der Waals surface area contributed by atoms with Crippen LogP contribution in [0.2, 0.25) is 0 Å². The van der Waals surface area contributed by atoms with Gasteiger partial charge in [-0.15, -0.1) is 0 Å². The van der Waals surface area contributed by atoms with Gasteiger partial charge in [0.25, 0.3) is 5.56 Å². The second-order valence-corrected chi connectivity index (χ2v) is 9.15. The third kappa shape index (κ3) is 6.18. The fourth-order valence-corrected chi connectivity index (χ4v) is 4.33. The summed E-state index contributed by atoms with van der Waals surface area (Å²) in [6.07, 6.45) is -5.28. The molecule has 5 rings (SSSR count). The number of aromatic amines is 1. The summed E-state index contributed by atoms with van der Waals surface area (Å²) >= 11 is 0. The first-order chi connectivity index (χ1) is 20.3. The van der Waals surface area contributed by atoms with Gasteiger partial charge in [0.1, 0.15) is 12.7 Å². The number of benzene rings is 3. The molecule has 0 aliphatic carbocycles. The number of hydrogen-bond acceptors (Lipinski definition) is 9. The van der Waals surface area contributed by atoms with Gasteiger partial charge in [-0.3, -0.25) is 14.3 Å². The molecule has 1 fully saturated rings. The van der Waals surface area contributed by atoms with Crippen LogP contribution in [-0.2, 0) is 18.9 Å². The van der Waals surface area contributed by atoms with Crippen LogP contribution < -0.4 is 11.2 Å². The van der Waals surface area contributed by atoms with Crippen molar-refractivity contribution in [2.24, 2.45) is 0 Å². The van der Waals surface area contributed by atoms with E-state index in [-0.39, 0.29) is 16.7 Å². The van der Waals surface area contributed by atoms with Crippen LogP contribution in [0.15, 0.2) is 107 Å². The highest BCUT2D eigenvalue weighted by Gasteiger charge is 2.51. The number of nitrogens with one attached hydrogen (secondary N) is 1. The lowest BCUT2D eigenvalue weighted by Gasteiger charge is -2.25. The van der Waals surface area contributed by atoms with Crippen molar-refractivity contribution in [1.82, 2.24) is 9.55 Å². The van der Waals surface area contributed by atoms with E-state index in [4.69, 9.17) is 18.9 Å². The van der Waals surface area contributed by atoms with Crippen molar-refractivity contribution in [2.45, 2.75) is 24.5 Å². The zero-order valence-electron chi connectivity index (χ0n) is 21.8. The average Bonchev–Trinajstić information content (AvgIpc) is 3.34. The molecule has 214 valence electrons. The van der Waals surface area contributed by atoms with Crippen LogP contribution in [-0.4, -0.2) is 52.4 Å². The van der Waals surface area contributed by atoms with Gasteiger partial charge >= 0.3 is 23.6 Å². The molecule has 4 aromatic rings. The summed E-state index contributed by atoms with van der Waals surface area (Å²) in [6.45, 7) is -0.503. The van der Waals surface area contributed by atoms with E-state index in [1.165, 1.54) is 36.4 Å². The Balaban J connectivity index is 1.52. The first-order valence-electron chi connectivity index (χ1n) is 12.7. The van der Waals surface area contributed by atoms with Gasteiger partial charge in [0.15, 0.2) is 18.4 Å². The van der Waals surface area contributed by atoms with Crippen LogP contribution in [0.3, 0.4) is 0 Å². The van der Waals surface area contributed by atoms with Crippen molar-refractivity contribution < 1.29 is 37.7 Å². The van der Waals surface area contributed by atoms with Gasteiger partial charge in [-0.25, -0.2) is 19.2 Å². The number of hydrogen-bond donors (Lipinski definition) is 1. The number of carbonyl (C=O) groups excluding carboxylic acids is 3. The van der Waals surface area contributed by atoms with Crippen LogP contribution in [0.5, 0.6) is 0 Å². The second-order valence-electron chi connectivity index (χ2n) is 9.15. The highest BCUT2D eigenvalue weighted by atomic mass is 19.1. The fraction of sp³-hybridized carbons (Fsp3) is 0.167. The topological polar surface area (TPSA) is 143 Å². The van der Waals surface area contributed by atoms with E-state index in [1.54, 1.807) is 54.6 Å². The molecular formula is C30H23FN2O9. The van der Waals surface area contributed by atoms with E-state index >= 15 is 0 Å². The molecule has 1 saturated heterocycles. The Morgan fingerprint density at radius 1 is 0.738 bits per heavy atom. The summed E-state index contributed by atoms with van der Waals surface area (Å²) in [5.74, 6) is -3.73. The molecule has 1 aromatic heterocycles. The molecule has 1 aliphatic rings. The lowest BCUT2D eigenvalue weighted by Crippen LogP contribution is -2.43. The first kappa shape index (κ1) is 28.2. The van der Waals surface area contributed by atoms with E-state index in [0.29, 0.717) is 10.8 Å². The molecule has 1 unspecified atom stereocenters. The van der Waals surface area contributed by atoms with Crippen molar-refractivity contribution >= 4 is 17.9 Å². The summed E-state index contributed by atoms with van der Waals surface area (Å²) in [7, 11) is 0. The molecule has 0 bridgehead atoms. The summed E-state index contributed by atoms with van der Waals surface area (Å²) in [4.78, 5) is 65.1. The van der Waals surface area contributed by atoms with Crippen molar-refractivity contribution in [3.8, 4) is 0 Å². The zero-order valence-corrected chi connectivity index (χ0v) is 21.8. The summed E-state index contributed by atoms with van der Waals surface area (Å²) < 4.78 is 37.8. The number of halogens is 1. The number of aromatic nitrogens is 2. The quantitative estimate of drug-likeness (QED) is 0.248. The van der Waals surface area contributed by atoms with E-state index in [2.05, 4.69) is 0 Å². The molecule has 0 amide bonds. The lowest BCUT2D eigenvalue weighted by molar-refractivity contribution is -0.0643. The van der Waals surface area contributed by atoms with Gasteiger partial charge in [0, 0.05) is 0 Å². The Morgan fingerprint density at radius 2 is 1.21 bits per heavy atom. The predicted octanol–water partition coefficient (Wildman–Crippen LogP) is 2.88. The van der Waals surface area contributed by atoms with Crippen LogP contribution in [0.1, 0.15) is 37.3 Å². The van der Waals surface area contributed by atoms with Gasteiger partial charge < -0.3 is 18.9 Å². The van der Waals surface area contributed by atoms with E-state index in [1.807, 2.05) is 4.98 Å². The number of nitrogens with zero attached hydrogens (tertiary/aromatic N) is 1. The van der Waals surface area contributed by atoms with Crippen molar-refractivity contribution in [3.63, 3.8) is 0 Å². The standard InChI is InChI=1S/C30H23FN2O9/c31-21-16-33(30(38)32-25(21)34)26-24(42-29(37)20-14-8-3-9-15-20)23(41-28(36)19-12-6-2-7-13-19)22(40-26)17-39-27(35)18-10-4-1-5-11-18/h1-16,22-24,26H,17H2,(H,32,34,38)/t22-,23-,24-,26?/m1/s1. The Bertz CT molecular complexity index is 1690. The molecule has 42 heavy (non-hydrogen) atoms. The minimum Gasteiger partial charge on any atom is -0.459 e. The van der Waals surface area contributed by atoms with Crippen molar-refractivity contribution in [3.05, 3.63) is 141 Å². The molecule has 0 spiro atoms. The number of H-pyrrole nitrogens is 1. The molecule has 1 aliphatic heterocycles. The van der Waals surface area contributed by atoms with Gasteiger partial charge in [-0.05, 0) is 36.4 Å². The van der Waals surface area contributed by atoms with Crippen molar-refractivity contribution in [2.75, 3.05) is 6.61 Å². The van der Waals surface area contributed by atoms with Crippen LogP contribution in [0.4, 0.5) is 4.39 Å². The first-order valence-corrected chi connectivity index (χ1v) is 12.7. The van der Waals surface area contributed by atoms with Gasteiger partial charge in [0.05, 0.1) is 22.9 Å². The fourth-order valence-electron chi connectivity index (χ4n) is 4.33. The minimum absolute atomic E-state index is 0.128. The molecule has 0 saturated carbocycles. The Labute approximate surface area is 237 Å². The number of carbonyl (C=O) groups is 3. The normalized spacial score (nSPS) is 19.5. The smallest absolute Gasteiger partial charge is 0.338 e. The zero-order chi connectivity index (χ0) is 29.6. The maximum Gasteiger partial charge on any atom is 0.338 e. The number of esters is 3. The van der Waals surface area contributed by atoms with Crippen LogP contribution in [0.25, 0.3) is 0 Å². The summed E-state index contributed by atoms with van der Waals surface area (Å²) in [5, 5.41) is 0. The predicted molar refractivity (Wildman–Crippen MR) is 143 cm³/mol. The molecule has 2 heterocycles. The maximum atomic E-state index is 14.3. The Hall–Kier alpha value is -5.36. The van der Waals surface area contributed by atoms with Crippen LogP contribution >= 0.6 is 0 Å². The highest BCUT2D eigenvalue weighted by Crippen LogP contribution is 2.34. The summed E-state index contributed by atoms with van der Waals surface area (Å²) in [5.41, 5.74) is -1.84. The third-order valence-electron chi connectivity index (χ3n) is 6.38. The van der Waals surface area contributed by atoms with E-state index in [9.17, 15) is 28.4 Å². The molecule has 11 nitrogen and oxygen atoms in total. The number of ether oxygens (including phenoxy) is 4. The van der Waals surface area contributed by atoms with Gasteiger partial charge in [-0.2, -0.15) is 4.39 Å². The summed E-state index contributed by atoms with van der Waals surface area (Å²) in [6, 6.07) is 23.8. The van der Waals surface area contributed by atoms with Gasteiger partial charge in [0.2, 0.25) is 5.82 Å². The van der Waals surface area contributed by atoms with Crippen molar-refractivity contribution in [1.29, 1.82) is 0 Å². The molecule has 0 radical (unpaired) electrons. The Morgan fingerprint density at radius 3 is 1.74 bits per heavy atom. The van der Waals surface area contributed by atoms with E-state index < -0.39 is 66.1 Å². The Kier molecular flexibility index (Phi) is 8.34. The van der Waals surface area contributed by atoms with E-state index in [0.717, 1.165) is 0 Å². The molecule has 1 N–H and O–H groups in total. The minimum atomic E-state index is -1.59. The highest BCUT2D eigenvalue weighted by molar-refractivity contribution is 5.91. The maximum absolute atomic E-state index is 14.3. The average molecular weight is 575 g/mol. The molecule has 4 atom stereocenters. The second kappa shape index (κ2) is 12.4. The third-order valence-corrected chi connectivity index (χ3v) is 6.38. The lowest BCUT2D eigenvalue weighted by atomic mass is 10.1. The monoisotopic (exact) mass is 574 g/mol. The van der Waals surface area contributed by atoms with Gasteiger partial charge in [-0.1, -0.05) is 54.6 Å². The largest absolute Gasteiger partial charge is 0.459 e. The SMILES string of the molecule is O=C(OC[C@H]1OC(n2cc(F)c(=O)[nH]c2=O)[C@H](OC(=O)c2ccccc2)[C@@H]1OC(=O)c1ccccc1)c1ccccc1. The molecular weight excluding hydrogens is 551 g/mol. The molecule has 12 heteroatoms. The number of rotatable bonds is 8.